The minimum atomic E-state index is -0.864. The van der Waals surface area contributed by atoms with Gasteiger partial charge >= 0.3 is 5.97 Å². The first-order valence-electron chi connectivity index (χ1n) is 4.24. The number of aliphatic carboxylic acids is 1. The number of nitrogens with zero attached hydrogens (tertiary/aromatic N) is 1. The summed E-state index contributed by atoms with van der Waals surface area (Å²) in [5, 5.41) is 9.62. The SMILES string of the molecule is CC(C(=O)O)c1coc2ccncc12. The Bertz CT molecular complexity index is 475. The van der Waals surface area contributed by atoms with Crippen molar-refractivity contribution < 1.29 is 14.3 Å². The largest absolute Gasteiger partial charge is 0.481 e. The minimum absolute atomic E-state index is 0.569. The molecule has 2 aromatic heterocycles. The molecule has 0 saturated carbocycles. The van der Waals surface area contributed by atoms with Crippen LogP contribution < -0.4 is 0 Å². The average Bonchev–Trinajstić information content (AvgIpc) is 2.60. The topological polar surface area (TPSA) is 63.3 Å². The normalized spacial score (nSPS) is 12.9. The van der Waals surface area contributed by atoms with Crippen LogP contribution in [0, 0.1) is 0 Å². The molecule has 2 aromatic rings. The first kappa shape index (κ1) is 8.74. The van der Waals surface area contributed by atoms with Gasteiger partial charge in [0.2, 0.25) is 0 Å². The highest BCUT2D eigenvalue weighted by Gasteiger charge is 2.18. The summed E-state index contributed by atoms with van der Waals surface area (Å²) in [4.78, 5) is 14.7. The molecule has 0 aromatic carbocycles. The molecule has 4 nitrogen and oxygen atoms in total. The first-order chi connectivity index (χ1) is 6.70. The van der Waals surface area contributed by atoms with Crippen molar-refractivity contribution in [3.05, 3.63) is 30.3 Å². The van der Waals surface area contributed by atoms with Crippen LogP contribution >= 0.6 is 0 Å². The van der Waals surface area contributed by atoms with E-state index in [0.29, 0.717) is 11.1 Å². The third-order valence-corrected chi connectivity index (χ3v) is 2.24. The Kier molecular flexibility index (Phi) is 1.96. The van der Waals surface area contributed by atoms with E-state index in [1.807, 2.05) is 0 Å². The number of carboxylic acids is 1. The molecule has 0 radical (unpaired) electrons. The second-order valence-electron chi connectivity index (χ2n) is 3.12. The zero-order valence-electron chi connectivity index (χ0n) is 7.60. The molecule has 1 N–H and O–H groups in total. The zero-order valence-corrected chi connectivity index (χ0v) is 7.60. The molecule has 0 aliphatic heterocycles. The van der Waals surface area contributed by atoms with E-state index in [4.69, 9.17) is 9.52 Å². The van der Waals surface area contributed by atoms with Gasteiger partial charge in [0.15, 0.2) is 0 Å². The maximum absolute atomic E-state index is 10.8. The third-order valence-electron chi connectivity index (χ3n) is 2.24. The van der Waals surface area contributed by atoms with Crippen LogP contribution in [0.15, 0.2) is 29.1 Å². The fourth-order valence-corrected chi connectivity index (χ4v) is 1.36. The number of aromatic nitrogens is 1. The number of rotatable bonds is 2. The Balaban J connectivity index is 2.58. The van der Waals surface area contributed by atoms with Crippen molar-refractivity contribution in [2.75, 3.05) is 0 Å². The van der Waals surface area contributed by atoms with Crippen molar-refractivity contribution >= 4 is 16.9 Å². The van der Waals surface area contributed by atoms with Gasteiger partial charge < -0.3 is 9.52 Å². The Hall–Kier alpha value is -1.84. The molecule has 1 unspecified atom stereocenters. The Morgan fingerprint density at radius 2 is 2.43 bits per heavy atom. The van der Waals surface area contributed by atoms with Gasteiger partial charge in [-0.3, -0.25) is 9.78 Å². The van der Waals surface area contributed by atoms with Crippen LogP contribution in [0.4, 0.5) is 0 Å². The molecule has 0 fully saturated rings. The summed E-state index contributed by atoms with van der Waals surface area (Å²) >= 11 is 0. The summed E-state index contributed by atoms with van der Waals surface area (Å²) in [5.41, 5.74) is 1.34. The predicted molar refractivity (Wildman–Crippen MR) is 50.1 cm³/mol. The van der Waals surface area contributed by atoms with E-state index in [0.717, 1.165) is 5.39 Å². The summed E-state index contributed by atoms with van der Waals surface area (Å²) in [5.74, 6) is -1.43. The second kappa shape index (κ2) is 3.14. The molecular weight excluding hydrogens is 182 g/mol. The van der Waals surface area contributed by atoms with Gasteiger partial charge in [-0.2, -0.15) is 0 Å². The van der Waals surface area contributed by atoms with Gasteiger partial charge in [0, 0.05) is 23.3 Å². The van der Waals surface area contributed by atoms with Gasteiger partial charge in [-0.05, 0) is 13.0 Å². The van der Waals surface area contributed by atoms with Gasteiger partial charge in [0.1, 0.15) is 5.58 Å². The lowest BCUT2D eigenvalue weighted by atomic mass is 10.0. The van der Waals surface area contributed by atoms with E-state index in [-0.39, 0.29) is 0 Å². The molecule has 0 spiro atoms. The fourth-order valence-electron chi connectivity index (χ4n) is 1.36. The van der Waals surface area contributed by atoms with Gasteiger partial charge in [0.05, 0.1) is 12.2 Å². The average molecular weight is 191 g/mol. The Labute approximate surface area is 80.2 Å². The monoisotopic (exact) mass is 191 g/mol. The van der Waals surface area contributed by atoms with E-state index in [2.05, 4.69) is 4.98 Å². The van der Waals surface area contributed by atoms with E-state index >= 15 is 0 Å². The van der Waals surface area contributed by atoms with Crippen LogP contribution in [0.25, 0.3) is 11.0 Å². The van der Waals surface area contributed by atoms with Crippen molar-refractivity contribution in [1.82, 2.24) is 4.98 Å². The third kappa shape index (κ3) is 1.25. The molecule has 2 rings (SSSR count). The smallest absolute Gasteiger partial charge is 0.310 e. The highest BCUT2D eigenvalue weighted by Crippen LogP contribution is 2.26. The number of carboxylic acid groups (broad SMARTS) is 1. The lowest BCUT2D eigenvalue weighted by Crippen LogP contribution is -2.06. The molecule has 2 heterocycles. The Morgan fingerprint density at radius 1 is 1.64 bits per heavy atom. The van der Waals surface area contributed by atoms with E-state index in [9.17, 15) is 4.79 Å². The summed E-state index contributed by atoms with van der Waals surface area (Å²) in [7, 11) is 0. The van der Waals surface area contributed by atoms with Crippen LogP contribution in [0.1, 0.15) is 18.4 Å². The lowest BCUT2D eigenvalue weighted by Gasteiger charge is -2.01. The van der Waals surface area contributed by atoms with Crippen LogP contribution in [-0.4, -0.2) is 16.1 Å². The number of hydrogen-bond donors (Lipinski definition) is 1. The van der Waals surface area contributed by atoms with E-state index in [1.165, 1.54) is 6.26 Å². The standard InChI is InChI=1S/C10H9NO3/c1-6(10(12)13)8-5-14-9-2-3-11-4-7(8)9/h2-6H,1H3,(H,12,13). The second-order valence-corrected chi connectivity index (χ2v) is 3.12. The molecule has 0 aliphatic rings. The maximum Gasteiger partial charge on any atom is 0.310 e. The molecule has 0 aliphatic carbocycles. The molecule has 72 valence electrons. The molecule has 0 amide bonds. The van der Waals surface area contributed by atoms with Gasteiger partial charge in [0.25, 0.3) is 0 Å². The van der Waals surface area contributed by atoms with Crippen molar-refractivity contribution in [1.29, 1.82) is 0 Å². The molecule has 4 heteroatoms. The summed E-state index contributed by atoms with van der Waals surface area (Å²) < 4.78 is 5.22. The van der Waals surface area contributed by atoms with Gasteiger partial charge in [-0.1, -0.05) is 0 Å². The van der Waals surface area contributed by atoms with Crippen molar-refractivity contribution in [2.24, 2.45) is 0 Å². The van der Waals surface area contributed by atoms with Crippen molar-refractivity contribution in [3.63, 3.8) is 0 Å². The van der Waals surface area contributed by atoms with Gasteiger partial charge in [-0.25, -0.2) is 0 Å². The van der Waals surface area contributed by atoms with Crippen molar-refractivity contribution in [2.45, 2.75) is 12.8 Å². The minimum Gasteiger partial charge on any atom is -0.481 e. The van der Waals surface area contributed by atoms with Gasteiger partial charge in [-0.15, -0.1) is 0 Å². The van der Waals surface area contributed by atoms with Crippen LogP contribution in [0.5, 0.6) is 0 Å². The molecule has 1 atom stereocenters. The summed E-state index contributed by atoms with van der Waals surface area (Å²) in [6, 6.07) is 1.72. The molecule has 14 heavy (non-hydrogen) atoms. The quantitative estimate of drug-likeness (QED) is 0.788. The number of fused-ring (bicyclic) bond motifs is 1. The molecular formula is C10H9NO3. The van der Waals surface area contributed by atoms with Crippen LogP contribution in [-0.2, 0) is 4.79 Å². The van der Waals surface area contributed by atoms with Crippen LogP contribution in [0.3, 0.4) is 0 Å². The fraction of sp³-hybridized carbons (Fsp3) is 0.200. The summed E-state index contributed by atoms with van der Waals surface area (Å²) in [6.45, 7) is 1.62. The molecule has 0 bridgehead atoms. The van der Waals surface area contributed by atoms with Crippen LogP contribution in [0.2, 0.25) is 0 Å². The highest BCUT2D eigenvalue weighted by atomic mass is 16.4. The Morgan fingerprint density at radius 3 is 3.14 bits per heavy atom. The zero-order chi connectivity index (χ0) is 10.1. The number of furan rings is 1. The van der Waals surface area contributed by atoms with E-state index < -0.39 is 11.9 Å². The van der Waals surface area contributed by atoms with E-state index in [1.54, 1.807) is 25.4 Å². The number of hydrogen-bond acceptors (Lipinski definition) is 3. The molecule has 0 saturated heterocycles. The summed E-state index contributed by atoms with van der Waals surface area (Å²) in [6.07, 6.45) is 4.71. The van der Waals surface area contributed by atoms with Crippen molar-refractivity contribution in [3.8, 4) is 0 Å². The lowest BCUT2D eigenvalue weighted by molar-refractivity contribution is -0.138. The highest BCUT2D eigenvalue weighted by molar-refractivity contribution is 5.86. The maximum atomic E-state index is 10.8. The number of carbonyl (C=O) groups is 1. The first-order valence-corrected chi connectivity index (χ1v) is 4.24. The number of pyridine rings is 1. The predicted octanol–water partition coefficient (Wildman–Crippen LogP) is 2.02.